The number of sulfone groups is 1. The van der Waals surface area contributed by atoms with Crippen LogP contribution in [0.2, 0.25) is 5.02 Å². The molecule has 1 unspecified atom stereocenters. The second-order valence-corrected chi connectivity index (χ2v) is 9.86. The van der Waals surface area contributed by atoms with Crippen LogP contribution in [0.5, 0.6) is 0 Å². The molecule has 32 heavy (non-hydrogen) atoms. The van der Waals surface area contributed by atoms with Gasteiger partial charge in [0.15, 0.2) is 9.84 Å². The van der Waals surface area contributed by atoms with Crippen LogP contribution < -0.4 is 0 Å². The third-order valence-electron chi connectivity index (χ3n) is 5.43. The number of hydrogen-bond acceptors (Lipinski definition) is 4. The van der Waals surface area contributed by atoms with Crippen molar-refractivity contribution in [1.29, 1.82) is 0 Å². The van der Waals surface area contributed by atoms with Gasteiger partial charge >= 0.3 is 12.1 Å². The summed E-state index contributed by atoms with van der Waals surface area (Å²) in [7, 11) is -4.55. The van der Waals surface area contributed by atoms with Crippen LogP contribution in [0.4, 0.5) is 13.2 Å². The number of fused-ring (bicyclic) bond motifs is 1. The lowest BCUT2D eigenvalue weighted by molar-refractivity contribution is -0.139. The van der Waals surface area contributed by atoms with Gasteiger partial charge in [-0.2, -0.15) is 18.3 Å². The zero-order chi connectivity index (χ0) is 23.3. The topological polar surface area (TPSA) is 100 Å². The number of alkyl halides is 3. The predicted molar refractivity (Wildman–Crippen MR) is 110 cm³/mol. The Balaban J connectivity index is 1.88. The minimum Gasteiger partial charge on any atom is -0.478 e. The number of hydrogen-bond donors (Lipinski definition) is 2. The van der Waals surface area contributed by atoms with Gasteiger partial charge in [0, 0.05) is 16.8 Å². The standard InChI is InChI=1S/C21H16ClF3N2O4S/c22-14-4-1-3-13(21(23,24)25)19(14)32(30,31)16-6-2-5-15-17(16)18(27-26-15)11-7-9-12(10-8-11)20(28)29/h1,3-4,7-10,16H,2,5-6H2,(H,26,27)(H,28,29). The van der Waals surface area contributed by atoms with E-state index in [1.165, 1.54) is 24.3 Å². The molecule has 1 atom stereocenters. The first-order valence-electron chi connectivity index (χ1n) is 9.52. The number of rotatable bonds is 4. The monoisotopic (exact) mass is 484 g/mol. The van der Waals surface area contributed by atoms with E-state index in [1.807, 2.05) is 0 Å². The summed E-state index contributed by atoms with van der Waals surface area (Å²) in [6, 6.07) is 8.53. The Labute approximate surface area is 186 Å². The first-order chi connectivity index (χ1) is 15.0. The van der Waals surface area contributed by atoms with Gasteiger partial charge in [-0.1, -0.05) is 29.8 Å². The van der Waals surface area contributed by atoms with Crippen molar-refractivity contribution in [3.8, 4) is 11.3 Å². The van der Waals surface area contributed by atoms with Crippen molar-refractivity contribution in [2.24, 2.45) is 0 Å². The molecule has 2 N–H and O–H groups in total. The number of aryl methyl sites for hydroxylation is 1. The Morgan fingerprint density at radius 3 is 2.47 bits per heavy atom. The fraction of sp³-hybridized carbons (Fsp3) is 0.238. The molecule has 0 saturated heterocycles. The van der Waals surface area contributed by atoms with Crippen LogP contribution in [0.3, 0.4) is 0 Å². The summed E-state index contributed by atoms with van der Waals surface area (Å²) in [6.07, 6.45) is -3.90. The number of nitrogens with zero attached hydrogens (tertiary/aromatic N) is 1. The van der Waals surface area contributed by atoms with E-state index in [-0.39, 0.29) is 23.2 Å². The van der Waals surface area contributed by atoms with Gasteiger partial charge in [-0.05, 0) is 43.5 Å². The molecule has 168 valence electrons. The minimum absolute atomic E-state index is 0.0354. The molecule has 0 saturated carbocycles. The van der Waals surface area contributed by atoms with Crippen molar-refractivity contribution in [2.75, 3.05) is 0 Å². The maximum absolute atomic E-state index is 13.6. The molecule has 1 aliphatic rings. The maximum Gasteiger partial charge on any atom is 0.417 e. The summed E-state index contributed by atoms with van der Waals surface area (Å²) in [5.74, 6) is -1.13. The molecule has 3 aromatic rings. The first-order valence-corrected chi connectivity index (χ1v) is 11.4. The number of carbonyl (C=O) groups is 1. The lowest BCUT2D eigenvalue weighted by Gasteiger charge is -2.25. The number of carboxylic acid groups (broad SMARTS) is 1. The van der Waals surface area contributed by atoms with Crippen LogP contribution in [-0.4, -0.2) is 29.7 Å². The highest BCUT2D eigenvalue weighted by atomic mass is 35.5. The molecule has 6 nitrogen and oxygen atoms in total. The first kappa shape index (κ1) is 22.3. The highest BCUT2D eigenvalue weighted by molar-refractivity contribution is 7.91. The molecule has 0 amide bonds. The second kappa shape index (κ2) is 7.93. The van der Waals surface area contributed by atoms with Gasteiger partial charge < -0.3 is 5.11 Å². The number of aromatic carboxylic acids is 1. The van der Waals surface area contributed by atoms with E-state index >= 15 is 0 Å². The summed E-state index contributed by atoms with van der Waals surface area (Å²) >= 11 is 5.99. The fourth-order valence-electron chi connectivity index (χ4n) is 4.00. The predicted octanol–water partition coefficient (Wildman–Crippen LogP) is 5.30. The summed E-state index contributed by atoms with van der Waals surface area (Å²) < 4.78 is 68.0. The van der Waals surface area contributed by atoms with Gasteiger partial charge in [0.05, 0.1) is 32.0 Å². The molecule has 0 spiro atoms. The summed E-state index contributed by atoms with van der Waals surface area (Å²) in [5, 5.41) is 14.3. The van der Waals surface area contributed by atoms with E-state index in [0.717, 1.165) is 12.1 Å². The van der Waals surface area contributed by atoms with E-state index in [4.69, 9.17) is 16.7 Å². The SMILES string of the molecule is O=C(O)c1ccc(-c2n[nH]c3c2C(S(=O)(=O)c2c(Cl)cccc2C(F)(F)F)CCC3)cc1. The van der Waals surface area contributed by atoms with Crippen LogP contribution in [0.25, 0.3) is 11.3 Å². The zero-order valence-electron chi connectivity index (χ0n) is 16.3. The van der Waals surface area contributed by atoms with E-state index in [0.29, 0.717) is 30.2 Å². The Kier molecular flexibility index (Phi) is 5.54. The largest absolute Gasteiger partial charge is 0.478 e. The summed E-state index contributed by atoms with van der Waals surface area (Å²) in [6.45, 7) is 0. The molecule has 2 aromatic carbocycles. The van der Waals surface area contributed by atoms with Crippen LogP contribution in [0.15, 0.2) is 47.4 Å². The number of aromatic nitrogens is 2. The van der Waals surface area contributed by atoms with Crippen molar-refractivity contribution < 1.29 is 31.5 Å². The second-order valence-electron chi connectivity index (χ2n) is 7.39. The van der Waals surface area contributed by atoms with Crippen molar-refractivity contribution in [2.45, 2.75) is 35.6 Å². The Bertz CT molecular complexity index is 1300. The molecule has 1 heterocycles. The molecular weight excluding hydrogens is 469 g/mol. The van der Waals surface area contributed by atoms with Gasteiger partial charge in [-0.15, -0.1) is 0 Å². The summed E-state index contributed by atoms with van der Waals surface area (Å²) in [5.41, 5.74) is 0.229. The van der Waals surface area contributed by atoms with Crippen LogP contribution >= 0.6 is 11.6 Å². The number of halogens is 4. The van der Waals surface area contributed by atoms with Crippen molar-refractivity contribution in [1.82, 2.24) is 10.2 Å². The molecule has 0 fully saturated rings. The Hall–Kier alpha value is -2.85. The van der Waals surface area contributed by atoms with E-state index in [1.54, 1.807) is 0 Å². The lowest BCUT2D eigenvalue weighted by atomic mass is 9.93. The molecule has 0 aliphatic heterocycles. The maximum atomic E-state index is 13.6. The third-order valence-corrected chi connectivity index (χ3v) is 8.09. The molecule has 1 aromatic heterocycles. The normalized spacial score (nSPS) is 16.6. The highest BCUT2D eigenvalue weighted by Gasteiger charge is 2.44. The lowest BCUT2D eigenvalue weighted by Crippen LogP contribution is -2.22. The number of H-pyrrole nitrogens is 1. The van der Waals surface area contributed by atoms with Crippen LogP contribution in [0, 0.1) is 0 Å². The van der Waals surface area contributed by atoms with Crippen molar-refractivity contribution >= 4 is 27.4 Å². The molecule has 4 rings (SSSR count). The number of carboxylic acids is 1. The quantitative estimate of drug-likeness (QED) is 0.523. The van der Waals surface area contributed by atoms with Gasteiger partial charge in [0.1, 0.15) is 0 Å². The molecule has 0 bridgehead atoms. The Morgan fingerprint density at radius 1 is 1.16 bits per heavy atom. The van der Waals surface area contributed by atoms with E-state index in [2.05, 4.69) is 10.2 Å². The van der Waals surface area contributed by atoms with Crippen LogP contribution in [0.1, 0.15) is 45.3 Å². The van der Waals surface area contributed by atoms with Gasteiger partial charge in [-0.25, -0.2) is 13.2 Å². The van der Waals surface area contributed by atoms with E-state index in [9.17, 15) is 26.4 Å². The number of nitrogens with one attached hydrogen (secondary N) is 1. The zero-order valence-corrected chi connectivity index (χ0v) is 17.9. The average Bonchev–Trinajstić information content (AvgIpc) is 3.17. The van der Waals surface area contributed by atoms with Crippen molar-refractivity contribution in [3.63, 3.8) is 0 Å². The van der Waals surface area contributed by atoms with Gasteiger partial charge in [0.25, 0.3) is 0 Å². The molecule has 1 aliphatic carbocycles. The Morgan fingerprint density at radius 2 is 1.84 bits per heavy atom. The third kappa shape index (κ3) is 3.77. The minimum atomic E-state index is -4.91. The molecular formula is C21H16ClF3N2O4S. The smallest absolute Gasteiger partial charge is 0.417 e. The van der Waals surface area contributed by atoms with E-state index < -0.39 is 42.7 Å². The molecule has 11 heteroatoms. The van der Waals surface area contributed by atoms with Crippen LogP contribution in [-0.2, 0) is 22.4 Å². The summed E-state index contributed by atoms with van der Waals surface area (Å²) in [4.78, 5) is 10.2. The number of aromatic amines is 1. The number of benzene rings is 2. The van der Waals surface area contributed by atoms with Crippen molar-refractivity contribution in [3.05, 3.63) is 69.9 Å². The van der Waals surface area contributed by atoms with Gasteiger partial charge in [0.2, 0.25) is 0 Å². The molecule has 0 radical (unpaired) electrons. The highest BCUT2D eigenvalue weighted by Crippen LogP contribution is 2.47. The van der Waals surface area contributed by atoms with Gasteiger partial charge in [-0.3, -0.25) is 5.10 Å². The fourth-order valence-corrected chi connectivity index (χ4v) is 6.65. The average molecular weight is 485 g/mol.